The van der Waals surface area contributed by atoms with E-state index in [-0.39, 0.29) is 22.9 Å². The lowest BCUT2D eigenvalue weighted by molar-refractivity contribution is 0.145. The van der Waals surface area contributed by atoms with Crippen LogP contribution in [-0.2, 0) is 10.0 Å². The van der Waals surface area contributed by atoms with Crippen LogP contribution in [0.15, 0.2) is 41.4 Å². The smallest absolute Gasteiger partial charge is 0.239 e. The fraction of sp³-hybridized carbons (Fsp3) is 0.389. The SMILES string of the molecule is CC(Nc1ccc(S(N)(=O)=O)cn1)c1cc(F)ccc1N1CCC(O)CC1. The number of nitrogens with zero attached hydrogens (tertiary/aromatic N) is 2. The van der Waals surface area contributed by atoms with Gasteiger partial charge in [-0.1, -0.05) is 0 Å². The highest BCUT2D eigenvalue weighted by Crippen LogP contribution is 2.31. The number of benzene rings is 1. The van der Waals surface area contributed by atoms with Crippen LogP contribution < -0.4 is 15.4 Å². The van der Waals surface area contributed by atoms with Crippen molar-refractivity contribution < 1.29 is 17.9 Å². The summed E-state index contributed by atoms with van der Waals surface area (Å²) < 4.78 is 36.5. The summed E-state index contributed by atoms with van der Waals surface area (Å²) >= 11 is 0. The minimum atomic E-state index is -3.80. The number of rotatable bonds is 5. The standard InChI is InChI=1S/C18H23FN4O3S/c1-12(22-18-5-3-15(11-21-18)27(20,25)26)16-10-13(19)2-4-17(16)23-8-6-14(24)7-9-23/h2-5,10-12,14,24H,6-9H2,1H3,(H,21,22)(H2,20,25,26). The molecule has 1 aromatic carbocycles. The molecule has 2 heterocycles. The lowest BCUT2D eigenvalue weighted by Gasteiger charge is -2.34. The highest BCUT2D eigenvalue weighted by atomic mass is 32.2. The Labute approximate surface area is 158 Å². The predicted molar refractivity (Wildman–Crippen MR) is 102 cm³/mol. The van der Waals surface area contributed by atoms with Gasteiger partial charge in [-0.25, -0.2) is 22.9 Å². The van der Waals surface area contributed by atoms with Gasteiger partial charge in [-0.3, -0.25) is 0 Å². The van der Waals surface area contributed by atoms with Crippen LogP contribution in [-0.4, -0.2) is 37.7 Å². The first kappa shape index (κ1) is 19.5. The number of sulfonamides is 1. The zero-order valence-electron chi connectivity index (χ0n) is 15.0. The van der Waals surface area contributed by atoms with Crippen LogP contribution in [0.2, 0.25) is 0 Å². The van der Waals surface area contributed by atoms with Crippen molar-refractivity contribution in [2.24, 2.45) is 5.14 Å². The third kappa shape index (κ3) is 4.74. The van der Waals surface area contributed by atoms with E-state index in [1.54, 1.807) is 6.07 Å². The fourth-order valence-electron chi connectivity index (χ4n) is 3.20. The average Bonchev–Trinajstić information content (AvgIpc) is 2.62. The number of halogens is 1. The number of hydrogen-bond acceptors (Lipinski definition) is 6. The Morgan fingerprint density at radius 2 is 2.00 bits per heavy atom. The molecular formula is C18H23FN4O3S. The summed E-state index contributed by atoms with van der Waals surface area (Å²) in [6, 6.07) is 7.28. The molecule has 1 aromatic heterocycles. The Hall–Kier alpha value is -2.23. The summed E-state index contributed by atoms with van der Waals surface area (Å²) in [5.41, 5.74) is 1.67. The van der Waals surface area contributed by atoms with Crippen molar-refractivity contribution in [3.05, 3.63) is 47.9 Å². The number of anilines is 2. The fourth-order valence-corrected chi connectivity index (χ4v) is 3.66. The molecule has 3 rings (SSSR count). The second-order valence-electron chi connectivity index (χ2n) is 6.71. The van der Waals surface area contributed by atoms with E-state index in [9.17, 15) is 17.9 Å². The number of aliphatic hydroxyl groups excluding tert-OH is 1. The third-order valence-corrected chi connectivity index (χ3v) is 5.59. The number of nitrogens with two attached hydrogens (primary N) is 1. The van der Waals surface area contributed by atoms with Crippen LogP contribution in [0, 0.1) is 5.82 Å². The van der Waals surface area contributed by atoms with Crippen molar-refractivity contribution in [3.63, 3.8) is 0 Å². The van der Waals surface area contributed by atoms with Crippen LogP contribution in [0.25, 0.3) is 0 Å². The van der Waals surface area contributed by atoms with Gasteiger partial charge in [0.25, 0.3) is 0 Å². The summed E-state index contributed by atoms with van der Waals surface area (Å²) in [6.45, 7) is 3.29. The second-order valence-corrected chi connectivity index (χ2v) is 8.27. The van der Waals surface area contributed by atoms with Crippen molar-refractivity contribution in [1.29, 1.82) is 0 Å². The molecule has 1 saturated heterocycles. The minimum absolute atomic E-state index is 0.0703. The van der Waals surface area contributed by atoms with Gasteiger partial charge in [0.1, 0.15) is 16.5 Å². The quantitative estimate of drug-likeness (QED) is 0.716. The first-order chi connectivity index (χ1) is 12.7. The summed E-state index contributed by atoms with van der Waals surface area (Å²) in [7, 11) is -3.80. The minimum Gasteiger partial charge on any atom is -0.393 e. The Morgan fingerprint density at radius 3 is 2.59 bits per heavy atom. The van der Waals surface area contributed by atoms with Gasteiger partial charge in [-0.15, -0.1) is 0 Å². The Balaban J connectivity index is 1.81. The molecule has 9 heteroatoms. The van der Waals surface area contributed by atoms with Crippen molar-refractivity contribution in [1.82, 2.24) is 4.98 Å². The molecule has 4 N–H and O–H groups in total. The van der Waals surface area contributed by atoms with Crippen LogP contribution in [0.3, 0.4) is 0 Å². The zero-order chi connectivity index (χ0) is 19.6. The molecule has 0 aliphatic carbocycles. The number of pyridine rings is 1. The normalized spacial score (nSPS) is 17.0. The molecule has 0 saturated carbocycles. The summed E-state index contributed by atoms with van der Waals surface area (Å²) in [6.07, 6.45) is 2.25. The van der Waals surface area contributed by atoms with Crippen LogP contribution in [0.5, 0.6) is 0 Å². The van der Waals surface area contributed by atoms with Crippen LogP contribution in [0.4, 0.5) is 15.9 Å². The molecule has 0 amide bonds. The maximum absolute atomic E-state index is 13.9. The molecule has 1 unspecified atom stereocenters. The number of nitrogens with one attached hydrogen (secondary N) is 1. The van der Waals surface area contributed by atoms with Gasteiger partial charge in [0.15, 0.2) is 0 Å². The summed E-state index contributed by atoms with van der Waals surface area (Å²) in [4.78, 5) is 6.14. The maximum Gasteiger partial charge on any atom is 0.239 e. The molecule has 146 valence electrons. The molecule has 1 aliphatic heterocycles. The van der Waals surface area contributed by atoms with E-state index in [0.717, 1.165) is 11.3 Å². The Bertz CT molecular complexity index is 897. The third-order valence-electron chi connectivity index (χ3n) is 4.69. The molecule has 27 heavy (non-hydrogen) atoms. The van der Waals surface area contributed by atoms with E-state index in [4.69, 9.17) is 5.14 Å². The molecule has 0 radical (unpaired) electrons. The van der Waals surface area contributed by atoms with E-state index in [2.05, 4.69) is 15.2 Å². The van der Waals surface area contributed by atoms with Gasteiger partial charge in [0.2, 0.25) is 10.0 Å². The molecule has 7 nitrogen and oxygen atoms in total. The van der Waals surface area contributed by atoms with Crippen molar-refractivity contribution in [2.75, 3.05) is 23.3 Å². The van der Waals surface area contributed by atoms with Crippen molar-refractivity contribution >= 4 is 21.5 Å². The Morgan fingerprint density at radius 1 is 1.30 bits per heavy atom. The van der Waals surface area contributed by atoms with Gasteiger partial charge >= 0.3 is 0 Å². The van der Waals surface area contributed by atoms with Gasteiger partial charge in [-0.05, 0) is 50.1 Å². The first-order valence-corrected chi connectivity index (χ1v) is 10.3. The molecular weight excluding hydrogens is 371 g/mol. The molecule has 0 bridgehead atoms. The topological polar surface area (TPSA) is 109 Å². The molecule has 2 aromatic rings. The average molecular weight is 394 g/mol. The maximum atomic E-state index is 13.9. The molecule has 1 fully saturated rings. The highest BCUT2D eigenvalue weighted by molar-refractivity contribution is 7.89. The van der Waals surface area contributed by atoms with Gasteiger partial charge in [-0.2, -0.15) is 0 Å². The van der Waals surface area contributed by atoms with E-state index >= 15 is 0 Å². The number of piperidine rings is 1. The second kappa shape index (κ2) is 7.79. The summed E-state index contributed by atoms with van der Waals surface area (Å²) in [5.74, 6) is 0.121. The number of aromatic nitrogens is 1. The lowest BCUT2D eigenvalue weighted by Crippen LogP contribution is -2.36. The Kier molecular flexibility index (Phi) is 5.64. The number of hydrogen-bond donors (Lipinski definition) is 3. The molecule has 0 spiro atoms. The van der Waals surface area contributed by atoms with Crippen molar-refractivity contribution in [2.45, 2.75) is 36.8 Å². The largest absolute Gasteiger partial charge is 0.393 e. The zero-order valence-corrected chi connectivity index (χ0v) is 15.8. The van der Waals surface area contributed by atoms with Gasteiger partial charge in [0.05, 0.1) is 12.1 Å². The van der Waals surface area contributed by atoms with E-state index in [0.29, 0.717) is 31.7 Å². The van der Waals surface area contributed by atoms with Crippen LogP contribution in [0.1, 0.15) is 31.4 Å². The summed E-state index contributed by atoms with van der Waals surface area (Å²) in [5, 5.41) is 17.9. The lowest BCUT2D eigenvalue weighted by atomic mass is 10.0. The van der Waals surface area contributed by atoms with E-state index < -0.39 is 10.0 Å². The molecule has 1 aliphatic rings. The first-order valence-electron chi connectivity index (χ1n) is 8.72. The molecule has 1 atom stereocenters. The van der Waals surface area contributed by atoms with Crippen LogP contribution >= 0.6 is 0 Å². The monoisotopic (exact) mass is 394 g/mol. The predicted octanol–water partition coefficient (Wildman–Crippen LogP) is 2.00. The highest BCUT2D eigenvalue weighted by Gasteiger charge is 2.22. The van der Waals surface area contributed by atoms with Gasteiger partial charge < -0.3 is 15.3 Å². The number of aliphatic hydroxyl groups is 1. The van der Waals surface area contributed by atoms with E-state index in [1.807, 2.05) is 6.92 Å². The number of primary sulfonamides is 1. The van der Waals surface area contributed by atoms with E-state index in [1.165, 1.54) is 30.5 Å². The van der Waals surface area contributed by atoms with Gasteiger partial charge in [0, 0.05) is 30.5 Å². The van der Waals surface area contributed by atoms with Crippen molar-refractivity contribution in [3.8, 4) is 0 Å².